The zero-order valence-electron chi connectivity index (χ0n) is 16.2. The van der Waals surface area contributed by atoms with E-state index in [0.717, 1.165) is 22.4 Å². The summed E-state index contributed by atoms with van der Waals surface area (Å²) in [4.78, 5) is 26.2. The van der Waals surface area contributed by atoms with Gasteiger partial charge in [-0.05, 0) is 48.2 Å². The number of likely N-dealkylation sites (tertiary alicyclic amines) is 1. The van der Waals surface area contributed by atoms with Crippen LogP contribution < -0.4 is 10.1 Å². The van der Waals surface area contributed by atoms with Crippen LogP contribution in [-0.4, -0.2) is 36.4 Å². The van der Waals surface area contributed by atoms with Gasteiger partial charge in [0.1, 0.15) is 11.6 Å². The Morgan fingerprint density at radius 1 is 1.21 bits per heavy atom. The maximum absolute atomic E-state index is 13.0. The number of methoxy groups -OCH3 is 1. The number of rotatable bonds is 7. The van der Waals surface area contributed by atoms with E-state index >= 15 is 0 Å². The van der Waals surface area contributed by atoms with Gasteiger partial charge in [0.25, 0.3) is 0 Å². The van der Waals surface area contributed by atoms with Crippen LogP contribution in [0.2, 0.25) is 0 Å². The van der Waals surface area contributed by atoms with Crippen molar-refractivity contribution in [2.75, 3.05) is 13.7 Å². The maximum Gasteiger partial charge on any atom is 0.225 e. The molecule has 1 fully saturated rings. The van der Waals surface area contributed by atoms with Crippen LogP contribution in [0.4, 0.5) is 4.39 Å². The van der Waals surface area contributed by atoms with E-state index in [1.54, 1.807) is 24.1 Å². The van der Waals surface area contributed by atoms with Gasteiger partial charge in [-0.15, -0.1) is 0 Å². The van der Waals surface area contributed by atoms with E-state index in [2.05, 4.69) is 5.32 Å². The Morgan fingerprint density at radius 3 is 2.64 bits per heavy atom. The van der Waals surface area contributed by atoms with Crippen LogP contribution >= 0.6 is 0 Å². The number of aryl methyl sites for hydroxylation is 2. The number of nitrogens with zero attached hydrogens (tertiary/aromatic N) is 1. The summed E-state index contributed by atoms with van der Waals surface area (Å²) in [6.07, 6.45) is 1.27. The van der Waals surface area contributed by atoms with Crippen molar-refractivity contribution in [1.29, 1.82) is 0 Å². The second-order valence-corrected chi connectivity index (χ2v) is 7.17. The van der Waals surface area contributed by atoms with E-state index < -0.39 is 0 Å². The monoisotopic (exact) mass is 384 g/mol. The lowest BCUT2D eigenvalue weighted by atomic mass is 10.1. The number of hydrogen-bond donors (Lipinski definition) is 1. The molecule has 0 spiro atoms. The normalized spacial score (nSPS) is 16.3. The zero-order valence-corrected chi connectivity index (χ0v) is 16.2. The molecule has 0 aromatic heterocycles. The highest BCUT2D eigenvalue weighted by molar-refractivity contribution is 5.82. The molecule has 6 heteroatoms. The summed E-state index contributed by atoms with van der Waals surface area (Å²) in [5.41, 5.74) is 2.97. The first kappa shape index (κ1) is 19.9. The van der Waals surface area contributed by atoms with Gasteiger partial charge in [0.15, 0.2) is 0 Å². The minimum Gasteiger partial charge on any atom is -0.496 e. The Labute approximate surface area is 164 Å². The summed E-state index contributed by atoms with van der Waals surface area (Å²) < 4.78 is 18.3. The standard InChI is InChI=1S/C22H25FN2O3/c1-15-3-4-16(11-20(15)28-2)7-10-21(26)24-19-12-22(27)25(14-19)13-17-5-8-18(23)9-6-17/h3-6,8-9,11,19H,7,10,12-14H2,1-2H3,(H,24,26)/t19-/m1/s1. The number of halogens is 1. The molecule has 5 nitrogen and oxygen atoms in total. The predicted octanol–water partition coefficient (Wildman–Crippen LogP) is 2.99. The van der Waals surface area contributed by atoms with Crippen molar-refractivity contribution in [3.8, 4) is 5.75 Å². The van der Waals surface area contributed by atoms with Crippen molar-refractivity contribution in [2.24, 2.45) is 0 Å². The molecule has 1 aliphatic rings. The Kier molecular flexibility index (Phi) is 6.29. The minimum atomic E-state index is -0.298. The SMILES string of the molecule is COc1cc(CCC(=O)N[C@@H]2CC(=O)N(Cc3ccc(F)cc3)C2)ccc1C. The van der Waals surface area contributed by atoms with Gasteiger partial charge in [0.2, 0.25) is 11.8 Å². The summed E-state index contributed by atoms with van der Waals surface area (Å²) in [6, 6.07) is 11.8. The first-order chi connectivity index (χ1) is 13.4. The van der Waals surface area contributed by atoms with Gasteiger partial charge >= 0.3 is 0 Å². The van der Waals surface area contributed by atoms with E-state index in [4.69, 9.17) is 4.74 Å². The molecule has 148 valence electrons. The zero-order chi connectivity index (χ0) is 20.1. The quantitative estimate of drug-likeness (QED) is 0.798. The highest BCUT2D eigenvalue weighted by Crippen LogP contribution is 2.20. The molecule has 0 radical (unpaired) electrons. The summed E-state index contributed by atoms with van der Waals surface area (Å²) >= 11 is 0. The molecule has 0 unspecified atom stereocenters. The second kappa shape index (κ2) is 8.87. The van der Waals surface area contributed by atoms with Crippen LogP contribution in [0.3, 0.4) is 0 Å². The minimum absolute atomic E-state index is 0.00195. The van der Waals surface area contributed by atoms with Crippen molar-refractivity contribution in [3.05, 3.63) is 65.0 Å². The first-order valence-electron chi connectivity index (χ1n) is 9.39. The van der Waals surface area contributed by atoms with Gasteiger partial charge < -0.3 is 15.0 Å². The summed E-state index contributed by atoms with van der Waals surface area (Å²) in [5.74, 6) is 0.447. The fourth-order valence-electron chi connectivity index (χ4n) is 3.41. The van der Waals surface area contributed by atoms with Gasteiger partial charge in [-0.3, -0.25) is 9.59 Å². The van der Waals surface area contributed by atoms with Crippen LogP contribution in [0.25, 0.3) is 0 Å². The molecule has 1 saturated heterocycles. The van der Waals surface area contributed by atoms with Gasteiger partial charge in [-0.25, -0.2) is 4.39 Å². The molecule has 1 heterocycles. The van der Waals surface area contributed by atoms with Gasteiger partial charge in [-0.2, -0.15) is 0 Å². The maximum atomic E-state index is 13.0. The van der Waals surface area contributed by atoms with Gasteiger partial charge in [-0.1, -0.05) is 24.3 Å². The molecular weight excluding hydrogens is 359 g/mol. The molecule has 0 bridgehead atoms. The summed E-state index contributed by atoms with van der Waals surface area (Å²) in [7, 11) is 1.63. The van der Waals surface area contributed by atoms with Crippen LogP contribution in [0.1, 0.15) is 29.5 Å². The second-order valence-electron chi connectivity index (χ2n) is 7.17. The predicted molar refractivity (Wildman–Crippen MR) is 104 cm³/mol. The van der Waals surface area contributed by atoms with E-state index in [-0.39, 0.29) is 23.7 Å². The Balaban J connectivity index is 1.48. The topological polar surface area (TPSA) is 58.6 Å². The lowest BCUT2D eigenvalue weighted by molar-refractivity contribution is -0.128. The number of carbonyl (C=O) groups excluding carboxylic acids is 2. The average molecular weight is 384 g/mol. The highest BCUT2D eigenvalue weighted by Gasteiger charge is 2.30. The number of carbonyl (C=O) groups is 2. The Hall–Kier alpha value is -2.89. The Bertz CT molecular complexity index is 851. The third-order valence-electron chi connectivity index (χ3n) is 4.98. The summed E-state index contributed by atoms with van der Waals surface area (Å²) in [6.45, 7) is 2.87. The van der Waals surface area contributed by atoms with Crippen LogP contribution in [-0.2, 0) is 22.6 Å². The van der Waals surface area contributed by atoms with Crippen molar-refractivity contribution >= 4 is 11.8 Å². The molecule has 2 amide bonds. The third kappa shape index (κ3) is 5.09. The molecule has 1 atom stereocenters. The molecule has 1 aliphatic heterocycles. The number of ether oxygens (including phenoxy) is 1. The Morgan fingerprint density at radius 2 is 1.93 bits per heavy atom. The number of nitrogens with one attached hydrogen (secondary N) is 1. The number of amides is 2. The smallest absolute Gasteiger partial charge is 0.225 e. The molecule has 1 N–H and O–H groups in total. The van der Waals surface area contributed by atoms with Crippen LogP contribution in [0.5, 0.6) is 5.75 Å². The largest absolute Gasteiger partial charge is 0.496 e. The highest BCUT2D eigenvalue weighted by atomic mass is 19.1. The lowest BCUT2D eigenvalue weighted by Gasteiger charge is -2.17. The molecular formula is C22H25FN2O3. The molecule has 2 aromatic carbocycles. The van der Waals surface area contributed by atoms with Crippen LogP contribution in [0, 0.1) is 12.7 Å². The number of hydrogen-bond acceptors (Lipinski definition) is 3. The van der Waals surface area contributed by atoms with Crippen molar-refractivity contribution in [3.63, 3.8) is 0 Å². The first-order valence-corrected chi connectivity index (χ1v) is 9.39. The van der Waals surface area contributed by atoms with E-state index in [1.807, 2.05) is 25.1 Å². The average Bonchev–Trinajstić information content (AvgIpc) is 3.01. The van der Waals surface area contributed by atoms with Crippen molar-refractivity contribution in [2.45, 2.75) is 38.8 Å². The lowest BCUT2D eigenvalue weighted by Crippen LogP contribution is -2.37. The molecule has 3 rings (SSSR count). The third-order valence-corrected chi connectivity index (χ3v) is 4.98. The van der Waals surface area contributed by atoms with E-state index in [9.17, 15) is 14.0 Å². The van der Waals surface area contributed by atoms with Crippen molar-refractivity contribution < 1.29 is 18.7 Å². The van der Waals surface area contributed by atoms with E-state index in [0.29, 0.717) is 32.4 Å². The number of benzene rings is 2. The van der Waals surface area contributed by atoms with Gasteiger partial charge in [0, 0.05) is 25.9 Å². The molecule has 0 aliphatic carbocycles. The van der Waals surface area contributed by atoms with Gasteiger partial charge in [0.05, 0.1) is 13.2 Å². The van der Waals surface area contributed by atoms with Crippen molar-refractivity contribution in [1.82, 2.24) is 10.2 Å². The fraction of sp³-hybridized carbons (Fsp3) is 0.364. The van der Waals surface area contributed by atoms with E-state index in [1.165, 1.54) is 12.1 Å². The molecule has 2 aromatic rings. The van der Waals surface area contributed by atoms with Crippen LogP contribution in [0.15, 0.2) is 42.5 Å². The molecule has 28 heavy (non-hydrogen) atoms. The fourth-order valence-corrected chi connectivity index (χ4v) is 3.41. The molecule has 0 saturated carbocycles. The summed E-state index contributed by atoms with van der Waals surface area (Å²) in [5, 5.41) is 2.95.